The van der Waals surface area contributed by atoms with Crippen molar-refractivity contribution in [3.63, 3.8) is 0 Å². The van der Waals surface area contributed by atoms with Crippen LogP contribution in [0.3, 0.4) is 0 Å². The summed E-state index contributed by atoms with van der Waals surface area (Å²) in [6, 6.07) is 8.28. The zero-order chi connectivity index (χ0) is 14.7. The second-order valence-electron chi connectivity index (χ2n) is 5.11. The van der Waals surface area contributed by atoms with Gasteiger partial charge in [0.1, 0.15) is 5.75 Å². The van der Waals surface area contributed by atoms with Gasteiger partial charge in [-0.05, 0) is 18.9 Å². The maximum absolute atomic E-state index is 5.68. The van der Waals surface area contributed by atoms with Crippen LogP contribution in [0.5, 0.6) is 5.75 Å². The summed E-state index contributed by atoms with van der Waals surface area (Å²) in [5, 5.41) is 11.9. The smallest absolute Gasteiger partial charge is 0.243 e. The van der Waals surface area contributed by atoms with Crippen molar-refractivity contribution in [2.45, 2.75) is 39.2 Å². The second kappa shape index (κ2) is 6.08. The number of hydrogen-bond donors (Lipinski definition) is 1. The SMILES string of the molecule is CCc1nnc(NC2CCOc3ccccc32)nc1CC. The molecule has 0 radical (unpaired) electrons. The van der Waals surface area contributed by atoms with E-state index in [1.807, 2.05) is 18.2 Å². The van der Waals surface area contributed by atoms with Crippen LogP contribution in [0.25, 0.3) is 0 Å². The first kappa shape index (κ1) is 13.8. The largest absolute Gasteiger partial charge is 0.493 e. The van der Waals surface area contributed by atoms with E-state index in [1.165, 1.54) is 0 Å². The molecule has 0 spiro atoms. The van der Waals surface area contributed by atoms with Crippen LogP contribution < -0.4 is 10.1 Å². The van der Waals surface area contributed by atoms with Gasteiger partial charge in [-0.25, -0.2) is 4.98 Å². The van der Waals surface area contributed by atoms with Gasteiger partial charge in [0.15, 0.2) is 0 Å². The van der Waals surface area contributed by atoms with Gasteiger partial charge < -0.3 is 10.1 Å². The fourth-order valence-corrected chi connectivity index (χ4v) is 2.65. The van der Waals surface area contributed by atoms with E-state index in [9.17, 15) is 0 Å². The van der Waals surface area contributed by atoms with Gasteiger partial charge >= 0.3 is 0 Å². The minimum absolute atomic E-state index is 0.175. The van der Waals surface area contributed by atoms with Gasteiger partial charge in [-0.2, -0.15) is 5.10 Å². The second-order valence-corrected chi connectivity index (χ2v) is 5.11. The molecule has 5 heteroatoms. The van der Waals surface area contributed by atoms with E-state index in [4.69, 9.17) is 4.74 Å². The first-order chi connectivity index (χ1) is 10.3. The lowest BCUT2D eigenvalue weighted by atomic mass is 10.0. The van der Waals surface area contributed by atoms with Crippen molar-refractivity contribution in [3.8, 4) is 5.75 Å². The maximum Gasteiger partial charge on any atom is 0.243 e. The highest BCUT2D eigenvalue weighted by Gasteiger charge is 2.22. The monoisotopic (exact) mass is 284 g/mol. The van der Waals surface area contributed by atoms with E-state index in [1.54, 1.807) is 0 Å². The van der Waals surface area contributed by atoms with E-state index in [0.29, 0.717) is 12.6 Å². The van der Waals surface area contributed by atoms with Gasteiger partial charge in [-0.3, -0.25) is 0 Å². The number of fused-ring (bicyclic) bond motifs is 1. The number of anilines is 1. The molecule has 0 fully saturated rings. The molecule has 1 aliphatic heterocycles. The van der Waals surface area contributed by atoms with Gasteiger partial charge in [-0.1, -0.05) is 32.0 Å². The summed E-state index contributed by atoms with van der Waals surface area (Å²) in [6.45, 7) is 4.87. The van der Waals surface area contributed by atoms with Crippen LogP contribution in [-0.2, 0) is 12.8 Å². The first-order valence-electron chi connectivity index (χ1n) is 7.52. The third kappa shape index (κ3) is 2.82. The molecule has 1 unspecified atom stereocenters. The highest BCUT2D eigenvalue weighted by atomic mass is 16.5. The van der Waals surface area contributed by atoms with Crippen LogP contribution in [-0.4, -0.2) is 21.8 Å². The molecule has 2 heterocycles. The Hall–Kier alpha value is -2.17. The third-order valence-electron chi connectivity index (χ3n) is 3.77. The van der Waals surface area contributed by atoms with Crippen molar-refractivity contribution >= 4 is 5.95 Å². The summed E-state index contributed by atoms with van der Waals surface area (Å²) in [5.74, 6) is 1.54. The number of nitrogens with one attached hydrogen (secondary N) is 1. The fourth-order valence-electron chi connectivity index (χ4n) is 2.65. The van der Waals surface area contributed by atoms with Crippen molar-refractivity contribution < 1.29 is 4.74 Å². The van der Waals surface area contributed by atoms with E-state index in [-0.39, 0.29) is 6.04 Å². The summed E-state index contributed by atoms with van der Waals surface area (Å²) in [6.07, 6.45) is 2.64. The van der Waals surface area contributed by atoms with E-state index in [2.05, 4.69) is 40.4 Å². The van der Waals surface area contributed by atoms with E-state index in [0.717, 1.165) is 42.0 Å². The first-order valence-corrected chi connectivity index (χ1v) is 7.52. The molecular weight excluding hydrogens is 264 g/mol. The Bertz CT molecular complexity index is 629. The number of hydrogen-bond acceptors (Lipinski definition) is 5. The van der Waals surface area contributed by atoms with Crippen molar-refractivity contribution in [2.75, 3.05) is 11.9 Å². The average molecular weight is 284 g/mol. The Morgan fingerprint density at radius 3 is 2.76 bits per heavy atom. The molecule has 1 aromatic carbocycles. The minimum atomic E-state index is 0.175. The van der Waals surface area contributed by atoms with E-state index < -0.39 is 0 Å². The summed E-state index contributed by atoms with van der Waals surface area (Å²) in [5.41, 5.74) is 3.16. The molecule has 0 amide bonds. The Kier molecular flexibility index (Phi) is 3.99. The van der Waals surface area contributed by atoms with Gasteiger partial charge in [-0.15, -0.1) is 5.10 Å². The molecule has 2 aromatic rings. The van der Waals surface area contributed by atoms with Crippen LogP contribution in [0.1, 0.15) is 43.3 Å². The normalized spacial score (nSPS) is 17.0. The number of benzene rings is 1. The highest BCUT2D eigenvalue weighted by Crippen LogP contribution is 2.33. The van der Waals surface area contributed by atoms with E-state index >= 15 is 0 Å². The Morgan fingerprint density at radius 1 is 1.14 bits per heavy atom. The van der Waals surface area contributed by atoms with Crippen molar-refractivity contribution in [2.24, 2.45) is 0 Å². The molecule has 21 heavy (non-hydrogen) atoms. The van der Waals surface area contributed by atoms with Crippen LogP contribution in [0.4, 0.5) is 5.95 Å². The van der Waals surface area contributed by atoms with Crippen molar-refractivity contribution in [1.29, 1.82) is 0 Å². The molecule has 0 saturated carbocycles. The number of para-hydroxylation sites is 1. The standard InChI is InChI=1S/C16H20N4O/c1-3-12-13(4-2)19-20-16(17-12)18-14-9-10-21-15-8-6-5-7-11(14)15/h5-8,14H,3-4,9-10H2,1-2H3,(H,17,18,20). The summed E-state index contributed by atoms with van der Waals surface area (Å²) >= 11 is 0. The third-order valence-corrected chi connectivity index (χ3v) is 3.77. The van der Waals surface area contributed by atoms with Crippen LogP contribution in [0, 0.1) is 0 Å². The molecule has 1 aromatic heterocycles. The molecule has 5 nitrogen and oxygen atoms in total. The molecule has 3 rings (SSSR count). The zero-order valence-electron chi connectivity index (χ0n) is 12.5. The topological polar surface area (TPSA) is 59.9 Å². The molecule has 110 valence electrons. The molecule has 1 aliphatic rings. The minimum Gasteiger partial charge on any atom is -0.493 e. The van der Waals surface area contributed by atoms with Gasteiger partial charge in [0, 0.05) is 12.0 Å². The van der Waals surface area contributed by atoms with Crippen LogP contribution in [0.2, 0.25) is 0 Å². The zero-order valence-corrected chi connectivity index (χ0v) is 12.5. The molecule has 0 bridgehead atoms. The van der Waals surface area contributed by atoms with Gasteiger partial charge in [0.2, 0.25) is 5.95 Å². The number of aryl methyl sites for hydroxylation is 2. The Labute approximate surface area is 124 Å². The van der Waals surface area contributed by atoms with Gasteiger partial charge in [0.05, 0.1) is 24.0 Å². The number of ether oxygens (including phenoxy) is 1. The molecule has 0 saturated heterocycles. The van der Waals surface area contributed by atoms with Crippen molar-refractivity contribution in [3.05, 3.63) is 41.2 Å². The predicted molar refractivity (Wildman–Crippen MR) is 81.5 cm³/mol. The summed E-state index contributed by atoms with van der Waals surface area (Å²) in [4.78, 5) is 4.60. The van der Waals surface area contributed by atoms with Crippen molar-refractivity contribution in [1.82, 2.24) is 15.2 Å². The Balaban J connectivity index is 1.85. The highest BCUT2D eigenvalue weighted by molar-refractivity contribution is 5.42. The maximum atomic E-state index is 5.68. The average Bonchev–Trinajstić information content (AvgIpc) is 2.55. The summed E-state index contributed by atoms with van der Waals surface area (Å²) in [7, 11) is 0. The number of rotatable bonds is 4. The predicted octanol–water partition coefficient (Wildman–Crippen LogP) is 2.93. The fraction of sp³-hybridized carbons (Fsp3) is 0.438. The number of aromatic nitrogens is 3. The molecule has 1 atom stereocenters. The quantitative estimate of drug-likeness (QED) is 0.935. The molecular formula is C16H20N4O. The van der Waals surface area contributed by atoms with Gasteiger partial charge in [0.25, 0.3) is 0 Å². The van der Waals surface area contributed by atoms with Crippen LogP contribution in [0.15, 0.2) is 24.3 Å². The lowest BCUT2D eigenvalue weighted by molar-refractivity contribution is 0.274. The lowest BCUT2D eigenvalue weighted by Gasteiger charge is -2.26. The Morgan fingerprint density at radius 2 is 1.95 bits per heavy atom. The lowest BCUT2D eigenvalue weighted by Crippen LogP contribution is -2.22. The van der Waals surface area contributed by atoms with Crippen LogP contribution >= 0.6 is 0 Å². The summed E-state index contributed by atoms with van der Waals surface area (Å²) < 4.78 is 5.68. The molecule has 1 N–H and O–H groups in total. The molecule has 0 aliphatic carbocycles. The number of nitrogens with zero attached hydrogens (tertiary/aromatic N) is 3.